The molecule has 2 aromatic carbocycles. The molecule has 34 heavy (non-hydrogen) atoms. The Hall–Kier alpha value is -3.99. The fourth-order valence-corrected chi connectivity index (χ4v) is 3.65. The van der Waals surface area contributed by atoms with Crippen LogP contribution in [0.4, 0.5) is 16.3 Å². The Balaban J connectivity index is 1.90. The Morgan fingerprint density at radius 2 is 1.85 bits per heavy atom. The van der Waals surface area contributed by atoms with E-state index in [1.807, 2.05) is 30.3 Å². The third-order valence-corrected chi connectivity index (χ3v) is 5.67. The van der Waals surface area contributed by atoms with Crippen molar-refractivity contribution in [1.82, 2.24) is 14.9 Å². The first-order valence-corrected chi connectivity index (χ1v) is 12.2. The van der Waals surface area contributed by atoms with Crippen molar-refractivity contribution in [1.29, 1.82) is 0 Å². The minimum Gasteiger partial charge on any atom is -0.410 e. The number of ether oxygens (including phenoxy) is 1. The average molecular weight is 484 g/mol. The van der Waals surface area contributed by atoms with E-state index in [-0.39, 0.29) is 29.2 Å². The monoisotopic (exact) mass is 483 g/mol. The summed E-state index contributed by atoms with van der Waals surface area (Å²) in [4.78, 5) is 33.2. The highest BCUT2D eigenvalue weighted by atomic mass is 32.2. The molecule has 11 heteroatoms. The van der Waals surface area contributed by atoms with Crippen molar-refractivity contribution in [2.45, 2.75) is 25.0 Å². The Labute approximate surface area is 197 Å². The van der Waals surface area contributed by atoms with Gasteiger partial charge in [-0.25, -0.2) is 23.2 Å². The number of hydrogen-bond acceptors (Lipinski definition) is 8. The van der Waals surface area contributed by atoms with Crippen LogP contribution in [0.1, 0.15) is 18.1 Å². The van der Waals surface area contributed by atoms with Gasteiger partial charge in [-0.1, -0.05) is 36.4 Å². The SMILES string of the molecule is CC(=O)N(CCc1ccccc1)Cc1cnc(S(C)(=O)=O)nc1Nc1cccc(OC(N)=O)c1. The van der Waals surface area contributed by atoms with Gasteiger partial charge in [-0.2, -0.15) is 0 Å². The number of nitrogens with one attached hydrogen (secondary N) is 1. The molecule has 0 radical (unpaired) electrons. The molecule has 0 saturated carbocycles. The molecule has 178 valence electrons. The van der Waals surface area contributed by atoms with Crippen molar-refractivity contribution in [3.8, 4) is 5.75 Å². The lowest BCUT2D eigenvalue weighted by Crippen LogP contribution is -2.31. The van der Waals surface area contributed by atoms with Gasteiger partial charge in [-0.15, -0.1) is 0 Å². The lowest BCUT2D eigenvalue weighted by atomic mass is 10.1. The molecule has 0 spiro atoms. The summed E-state index contributed by atoms with van der Waals surface area (Å²) in [6.45, 7) is 2.08. The van der Waals surface area contributed by atoms with Gasteiger partial charge in [0.1, 0.15) is 11.6 Å². The Kier molecular flexibility index (Phi) is 7.79. The zero-order chi connectivity index (χ0) is 24.7. The number of nitrogens with two attached hydrogens (primary N) is 1. The molecular formula is C23H25N5O5S. The van der Waals surface area contributed by atoms with E-state index in [4.69, 9.17) is 10.5 Å². The lowest BCUT2D eigenvalue weighted by Gasteiger charge is -2.22. The lowest BCUT2D eigenvalue weighted by molar-refractivity contribution is -0.129. The predicted molar refractivity (Wildman–Crippen MR) is 126 cm³/mol. The number of primary amides is 1. The van der Waals surface area contributed by atoms with E-state index in [1.54, 1.807) is 23.1 Å². The van der Waals surface area contributed by atoms with E-state index in [0.717, 1.165) is 11.8 Å². The van der Waals surface area contributed by atoms with E-state index in [1.165, 1.54) is 19.2 Å². The molecule has 0 unspecified atom stereocenters. The number of aromatic nitrogens is 2. The van der Waals surface area contributed by atoms with Crippen LogP contribution in [0, 0.1) is 0 Å². The summed E-state index contributed by atoms with van der Waals surface area (Å²) < 4.78 is 28.9. The molecule has 0 saturated heterocycles. The van der Waals surface area contributed by atoms with Crippen molar-refractivity contribution >= 4 is 33.3 Å². The van der Waals surface area contributed by atoms with Gasteiger partial charge < -0.3 is 20.7 Å². The summed E-state index contributed by atoms with van der Waals surface area (Å²) in [6, 6.07) is 16.1. The maximum atomic E-state index is 12.3. The molecule has 0 aliphatic rings. The second-order valence-corrected chi connectivity index (χ2v) is 9.46. The van der Waals surface area contributed by atoms with Gasteiger partial charge in [-0.05, 0) is 24.1 Å². The summed E-state index contributed by atoms with van der Waals surface area (Å²) >= 11 is 0. The average Bonchev–Trinajstić information content (AvgIpc) is 2.77. The first kappa shape index (κ1) is 24.6. The van der Waals surface area contributed by atoms with Gasteiger partial charge in [0.25, 0.3) is 0 Å². The zero-order valence-corrected chi connectivity index (χ0v) is 19.6. The molecule has 3 rings (SSSR count). The minimum atomic E-state index is -3.68. The van der Waals surface area contributed by atoms with Crippen LogP contribution in [0.2, 0.25) is 0 Å². The summed E-state index contributed by atoms with van der Waals surface area (Å²) in [5.41, 5.74) is 7.13. The van der Waals surface area contributed by atoms with Crippen LogP contribution < -0.4 is 15.8 Å². The molecule has 1 aromatic heterocycles. The summed E-state index contributed by atoms with van der Waals surface area (Å²) in [5, 5.41) is 2.67. The summed E-state index contributed by atoms with van der Waals surface area (Å²) in [6.07, 6.45) is 2.08. The molecule has 0 aliphatic heterocycles. The van der Waals surface area contributed by atoms with E-state index in [9.17, 15) is 18.0 Å². The number of benzene rings is 2. The summed E-state index contributed by atoms with van der Waals surface area (Å²) in [5.74, 6) is 0.258. The fraction of sp³-hybridized carbons (Fsp3) is 0.217. The van der Waals surface area contributed by atoms with Crippen LogP contribution in [0.15, 0.2) is 66.0 Å². The standard InChI is InChI=1S/C23H25N5O5S/c1-16(29)28(12-11-17-7-4-3-5-8-17)15-18-14-25-23(34(2,31)32)27-21(18)26-19-9-6-10-20(13-19)33-22(24)30/h3-10,13-14H,11-12,15H2,1-2H3,(H2,24,30)(H,25,26,27). The molecule has 10 nitrogen and oxygen atoms in total. The van der Waals surface area contributed by atoms with Gasteiger partial charge in [0.15, 0.2) is 0 Å². The van der Waals surface area contributed by atoms with Crippen LogP contribution in [0.25, 0.3) is 0 Å². The van der Waals surface area contributed by atoms with Crippen molar-refractivity contribution in [2.24, 2.45) is 5.73 Å². The minimum absolute atomic E-state index is 0.147. The van der Waals surface area contributed by atoms with Gasteiger partial charge in [0.05, 0.1) is 6.54 Å². The molecule has 0 aliphatic carbocycles. The Morgan fingerprint density at radius 3 is 2.50 bits per heavy atom. The van der Waals surface area contributed by atoms with Crippen molar-refractivity contribution < 1.29 is 22.7 Å². The normalized spacial score (nSPS) is 11.0. The molecule has 0 atom stereocenters. The van der Waals surface area contributed by atoms with Crippen molar-refractivity contribution in [2.75, 3.05) is 18.1 Å². The number of anilines is 2. The third-order valence-electron chi connectivity index (χ3n) is 4.81. The Bertz CT molecular complexity index is 1280. The number of amides is 2. The Morgan fingerprint density at radius 1 is 1.12 bits per heavy atom. The van der Waals surface area contributed by atoms with Gasteiger partial charge in [-0.3, -0.25) is 4.79 Å². The first-order valence-electron chi connectivity index (χ1n) is 10.3. The molecule has 1 heterocycles. The molecular weight excluding hydrogens is 458 g/mol. The van der Waals surface area contributed by atoms with Crippen molar-refractivity contribution in [3.63, 3.8) is 0 Å². The number of carbonyl (C=O) groups excluding carboxylic acids is 2. The number of nitrogens with zero attached hydrogens (tertiary/aromatic N) is 3. The van der Waals surface area contributed by atoms with Crippen LogP contribution >= 0.6 is 0 Å². The van der Waals surface area contributed by atoms with E-state index in [0.29, 0.717) is 24.2 Å². The predicted octanol–water partition coefficient (Wildman–Crippen LogP) is 2.67. The second kappa shape index (κ2) is 10.8. The molecule has 2 amide bonds. The van der Waals surface area contributed by atoms with E-state index >= 15 is 0 Å². The largest absolute Gasteiger partial charge is 0.410 e. The second-order valence-electron chi connectivity index (χ2n) is 7.55. The third kappa shape index (κ3) is 7.01. The number of hydrogen-bond donors (Lipinski definition) is 2. The first-order chi connectivity index (χ1) is 16.1. The van der Waals surface area contributed by atoms with E-state index in [2.05, 4.69) is 15.3 Å². The number of carbonyl (C=O) groups is 2. The molecule has 0 bridgehead atoms. The van der Waals surface area contributed by atoms with Gasteiger partial charge in [0, 0.05) is 43.2 Å². The van der Waals surface area contributed by atoms with Crippen molar-refractivity contribution in [3.05, 3.63) is 71.9 Å². The number of sulfone groups is 1. The van der Waals surface area contributed by atoms with Crippen LogP contribution in [0.3, 0.4) is 0 Å². The highest BCUT2D eigenvalue weighted by Crippen LogP contribution is 2.24. The fourth-order valence-electron chi connectivity index (χ4n) is 3.15. The summed E-state index contributed by atoms with van der Waals surface area (Å²) in [7, 11) is -3.68. The molecule has 3 aromatic rings. The van der Waals surface area contributed by atoms with Crippen LogP contribution in [0.5, 0.6) is 5.75 Å². The topological polar surface area (TPSA) is 145 Å². The van der Waals surface area contributed by atoms with E-state index < -0.39 is 15.9 Å². The quantitative estimate of drug-likeness (QED) is 0.442. The van der Waals surface area contributed by atoms with Gasteiger partial charge in [0.2, 0.25) is 20.9 Å². The molecule has 0 fully saturated rings. The maximum Gasteiger partial charge on any atom is 0.409 e. The highest BCUT2D eigenvalue weighted by Gasteiger charge is 2.18. The van der Waals surface area contributed by atoms with Crippen LogP contribution in [-0.4, -0.2) is 48.1 Å². The van der Waals surface area contributed by atoms with Crippen LogP contribution in [-0.2, 0) is 27.6 Å². The zero-order valence-electron chi connectivity index (χ0n) is 18.8. The highest BCUT2D eigenvalue weighted by molar-refractivity contribution is 7.90. The smallest absolute Gasteiger partial charge is 0.409 e. The maximum absolute atomic E-state index is 12.3. The molecule has 3 N–H and O–H groups in total. The number of rotatable bonds is 9. The van der Waals surface area contributed by atoms with Gasteiger partial charge >= 0.3 is 6.09 Å².